The topological polar surface area (TPSA) is 67.7 Å². The molecule has 1 saturated heterocycles. The molecule has 0 N–H and O–H groups in total. The summed E-state index contributed by atoms with van der Waals surface area (Å²) >= 11 is 12.3. The number of ether oxygens (including phenoxy) is 1. The van der Waals surface area contributed by atoms with Gasteiger partial charge in [-0.2, -0.15) is 0 Å². The minimum Gasteiger partial charge on any atom is -0.444 e. The van der Waals surface area contributed by atoms with Gasteiger partial charge in [0.2, 0.25) is 5.95 Å². The summed E-state index contributed by atoms with van der Waals surface area (Å²) in [6.45, 7) is 7.82. The lowest BCUT2D eigenvalue weighted by Gasteiger charge is -2.36. The smallest absolute Gasteiger partial charge is 0.410 e. The third kappa shape index (κ3) is 5.13. The fourth-order valence-corrected chi connectivity index (χ4v) is 4.35. The Labute approximate surface area is 207 Å². The summed E-state index contributed by atoms with van der Waals surface area (Å²) < 4.78 is 21.1. The van der Waals surface area contributed by atoms with Crippen molar-refractivity contribution in [2.24, 2.45) is 0 Å². The molecule has 34 heavy (non-hydrogen) atoms. The molecule has 1 aliphatic rings. The van der Waals surface area contributed by atoms with E-state index in [1.807, 2.05) is 25.3 Å². The average molecular weight is 507 g/mol. The molecule has 0 saturated carbocycles. The molecule has 0 aliphatic carbocycles. The van der Waals surface area contributed by atoms with Gasteiger partial charge in [0.25, 0.3) is 0 Å². The second-order valence-corrected chi connectivity index (χ2v) is 10.0. The molecule has 7 nitrogen and oxygen atoms in total. The predicted molar refractivity (Wildman–Crippen MR) is 131 cm³/mol. The summed E-state index contributed by atoms with van der Waals surface area (Å²) in [5.41, 5.74) is 1.79. The summed E-state index contributed by atoms with van der Waals surface area (Å²) in [4.78, 5) is 32.6. The number of rotatable bonds is 4. The third-order valence-electron chi connectivity index (χ3n) is 5.49. The van der Waals surface area contributed by atoms with Crippen molar-refractivity contribution in [1.29, 1.82) is 0 Å². The van der Waals surface area contributed by atoms with Crippen molar-refractivity contribution in [3.63, 3.8) is 0 Å². The quantitative estimate of drug-likeness (QED) is 0.443. The van der Waals surface area contributed by atoms with Crippen molar-refractivity contribution in [3.8, 4) is 0 Å². The molecule has 4 rings (SSSR count). The SMILES string of the molecule is CC(C)(C)OC(=O)N1CCN(c2nc3c(C=O)cc(Cl)cc3n2Cc2ccc(F)c(Cl)c2)CC1. The molecular weight excluding hydrogens is 482 g/mol. The highest BCUT2D eigenvalue weighted by Crippen LogP contribution is 2.30. The van der Waals surface area contributed by atoms with Gasteiger partial charge in [-0.15, -0.1) is 0 Å². The normalized spacial score (nSPS) is 14.5. The van der Waals surface area contributed by atoms with Gasteiger partial charge in [-0.3, -0.25) is 4.79 Å². The number of piperazine rings is 1. The van der Waals surface area contributed by atoms with E-state index in [-0.39, 0.29) is 11.1 Å². The number of imidazole rings is 1. The van der Waals surface area contributed by atoms with Crippen LogP contribution in [0.1, 0.15) is 36.7 Å². The first-order chi connectivity index (χ1) is 16.1. The molecule has 3 aromatic rings. The Bertz CT molecular complexity index is 1250. The zero-order valence-electron chi connectivity index (χ0n) is 19.1. The Balaban J connectivity index is 1.68. The molecule has 180 valence electrons. The van der Waals surface area contributed by atoms with Crippen molar-refractivity contribution in [3.05, 3.63) is 57.3 Å². The molecule has 2 heterocycles. The number of nitrogens with zero attached hydrogens (tertiary/aromatic N) is 4. The van der Waals surface area contributed by atoms with Crippen molar-refractivity contribution >= 4 is 52.6 Å². The van der Waals surface area contributed by atoms with Crippen molar-refractivity contribution < 1.29 is 18.7 Å². The van der Waals surface area contributed by atoms with E-state index in [4.69, 9.17) is 32.9 Å². The van der Waals surface area contributed by atoms with Gasteiger partial charge in [0.05, 0.1) is 17.1 Å². The number of fused-ring (bicyclic) bond motifs is 1. The molecule has 0 spiro atoms. The minimum atomic E-state index is -0.566. The number of carbonyl (C=O) groups excluding carboxylic acids is 2. The Kier molecular flexibility index (Phi) is 6.73. The second-order valence-electron chi connectivity index (χ2n) is 9.18. The number of carbonyl (C=O) groups is 2. The van der Waals surface area contributed by atoms with Crippen LogP contribution >= 0.6 is 23.2 Å². The molecule has 1 fully saturated rings. The van der Waals surface area contributed by atoms with Gasteiger partial charge >= 0.3 is 6.09 Å². The van der Waals surface area contributed by atoms with Crippen LogP contribution in [0.4, 0.5) is 15.1 Å². The molecule has 2 aromatic carbocycles. The first-order valence-corrected chi connectivity index (χ1v) is 11.6. The van der Waals surface area contributed by atoms with Gasteiger partial charge in [0.15, 0.2) is 6.29 Å². The van der Waals surface area contributed by atoms with Crippen LogP contribution in [0, 0.1) is 5.82 Å². The van der Waals surface area contributed by atoms with Crippen LogP contribution in [0.15, 0.2) is 30.3 Å². The highest BCUT2D eigenvalue weighted by atomic mass is 35.5. The Morgan fingerprint density at radius 1 is 1.15 bits per heavy atom. The largest absolute Gasteiger partial charge is 0.444 e. The van der Waals surface area contributed by atoms with Crippen LogP contribution in [0.5, 0.6) is 0 Å². The van der Waals surface area contributed by atoms with Crippen molar-refractivity contribution in [1.82, 2.24) is 14.5 Å². The number of amides is 1. The van der Waals surface area contributed by atoms with E-state index < -0.39 is 11.4 Å². The average Bonchev–Trinajstić information content (AvgIpc) is 3.12. The Morgan fingerprint density at radius 2 is 1.85 bits per heavy atom. The summed E-state index contributed by atoms with van der Waals surface area (Å²) in [5.74, 6) is 0.135. The summed E-state index contributed by atoms with van der Waals surface area (Å²) in [5, 5.41) is 0.440. The Hall–Kier alpha value is -2.84. The summed E-state index contributed by atoms with van der Waals surface area (Å²) in [7, 11) is 0. The lowest BCUT2D eigenvalue weighted by Crippen LogP contribution is -2.50. The molecule has 1 amide bonds. The summed E-state index contributed by atoms with van der Waals surface area (Å²) in [6, 6.07) is 7.87. The lowest BCUT2D eigenvalue weighted by atomic mass is 10.2. The summed E-state index contributed by atoms with van der Waals surface area (Å²) in [6.07, 6.45) is 0.376. The molecule has 0 bridgehead atoms. The van der Waals surface area contributed by atoms with E-state index in [1.54, 1.807) is 29.2 Å². The van der Waals surface area contributed by atoms with E-state index in [9.17, 15) is 14.0 Å². The maximum atomic E-state index is 13.7. The van der Waals surface area contributed by atoms with Crippen LogP contribution in [-0.4, -0.2) is 58.6 Å². The van der Waals surface area contributed by atoms with E-state index in [0.29, 0.717) is 60.3 Å². The number of aromatic nitrogens is 2. The fourth-order valence-electron chi connectivity index (χ4n) is 3.92. The number of benzene rings is 2. The van der Waals surface area contributed by atoms with Crippen molar-refractivity contribution in [2.45, 2.75) is 32.9 Å². The van der Waals surface area contributed by atoms with Gasteiger partial charge in [0.1, 0.15) is 16.9 Å². The molecule has 1 aliphatic heterocycles. The molecule has 10 heteroatoms. The highest BCUT2D eigenvalue weighted by molar-refractivity contribution is 6.31. The van der Waals surface area contributed by atoms with Crippen LogP contribution in [-0.2, 0) is 11.3 Å². The number of anilines is 1. The number of halogens is 3. The zero-order chi connectivity index (χ0) is 24.6. The van der Waals surface area contributed by atoms with E-state index in [1.165, 1.54) is 6.07 Å². The van der Waals surface area contributed by atoms with E-state index in [0.717, 1.165) is 11.8 Å². The molecule has 0 atom stereocenters. The predicted octanol–water partition coefficient (Wildman–Crippen LogP) is 5.40. The molecular formula is C24H25Cl2FN4O3. The van der Waals surface area contributed by atoms with Gasteiger partial charge in [-0.1, -0.05) is 29.3 Å². The molecule has 1 aromatic heterocycles. The molecule has 0 radical (unpaired) electrons. The van der Waals surface area contributed by atoms with Crippen LogP contribution in [0.25, 0.3) is 11.0 Å². The van der Waals surface area contributed by atoms with Crippen LogP contribution in [0.2, 0.25) is 10.0 Å². The number of hydrogen-bond acceptors (Lipinski definition) is 5. The molecule has 0 unspecified atom stereocenters. The standard InChI is InChI=1S/C24H25Cl2FN4O3/c1-24(2,3)34-23(33)30-8-6-29(7-9-30)22-28-21-16(14-32)11-17(25)12-20(21)31(22)13-15-4-5-19(27)18(26)10-15/h4-5,10-12,14H,6-9,13H2,1-3H3. The minimum absolute atomic E-state index is 0.0288. The third-order valence-corrected chi connectivity index (χ3v) is 6.00. The Morgan fingerprint density at radius 3 is 2.47 bits per heavy atom. The maximum Gasteiger partial charge on any atom is 0.410 e. The fraction of sp³-hybridized carbons (Fsp3) is 0.375. The van der Waals surface area contributed by atoms with E-state index >= 15 is 0 Å². The number of aldehydes is 1. The maximum absolute atomic E-state index is 13.7. The lowest BCUT2D eigenvalue weighted by molar-refractivity contribution is 0.0240. The first-order valence-electron chi connectivity index (χ1n) is 10.9. The first kappa shape index (κ1) is 24.3. The van der Waals surface area contributed by atoms with Crippen LogP contribution < -0.4 is 4.90 Å². The zero-order valence-corrected chi connectivity index (χ0v) is 20.7. The second kappa shape index (κ2) is 9.43. The monoisotopic (exact) mass is 506 g/mol. The number of hydrogen-bond donors (Lipinski definition) is 0. The van der Waals surface area contributed by atoms with E-state index in [2.05, 4.69) is 4.90 Å². The van der Waals surface area contributed by atoms with Crippen LogP contribution in [0.3, 0.4) is 0 Å². The van der Waals surface area contributed by atoms with Gasteiger partial charge in [-0.05, 0) is 50.6 Å². The van der Waals surface area contributed by atoms with Gasteiger partial charge in [0, 0.05) is 36.8 Å². The highest BCUT2D eigenvalue weighted by Gasteiger charge is 2.28. The van der Waals surface area contributed by atoms with Gasteiger partial charge in [-0.25, -0.2) is 14.2 Å². The van der Waals surface area contributed by atoms with Gasteiger partial charge < -0.3 is 19.1 Å². The van der Waals surface area contributed by atoms with Crippen molar-refractivity contribution in [2.75, 3.05) is 31.1 Å².